The first-order chi connectivity index (χ1) is 8.06. The molecule has 0 aliphatic carbocycles. The second-order valence-corrected chi connectivity index (χ2v) is 4.25. The van der Waals surface area contributed by atoms with E-state index in [1.54, 1.807) is 24.3 Å². The predicted octanol–water partition coefficient (Wildman–Crippen LogP) is 0.901. The third kappa shape index (κ3) is 2.75. The lowest BCUT2D eigenvalue weighted by atomic mass is 10.1. The van der Waals surface area contributed by atoms with Crippen molar-refractivity contribution in [3.63, 3.8) is 0 Å². The Kier molecular flexibility index (Phi) is 3.31. The average molecular weight is 255 g/mol. The summed E-state index contributed by atoms with van der Waals surface area (Å²) < 4.78 is 0. The van der Waals surface area contributed by atoms with Gasteiger partial charge in [-0.15, -0.1) is 0 Å². The normalized spacial score (nSPS) is 24.2. The molecule has 1 saturated heterocycles. The number of amides is 1. The van der Waals surface area contributed by atoms with Crippen LogP contribution in [-0.4, -0.2) is 23.0 Å². The summed E-state index contributed by atoms with van der Waals surface area (Å²) in [5.74, 6) is -1.31. The molecule has 3 N–H and O–H groups in total. The minimum atomic E-state index is -1.03. The van der Waals surface area contributed by atoms with Crippen molar-refractivity contribution in [2.45, 2.75) is 18.6 Å². The fourth-order valence-corrected chi connectivity index (χ4v) is 1.83. The van der Waals surface area contributed by atoms with Gasteiger partial charge in [-0.25, -0.2) is 0 Å². The lowest BCUT2D eigenvalue weighted by Crippen LogP contribution is -2.53. The molecule has 6 heteroatoms. The molecule has 1 fully saturated rings. The number of rotatable bonds is 2. The van der Waals surface area contributed by atoms with E-state index >= 15 is 0 Å². The summed E-state index contributed by atoms with van der Waals surface area (Å²) in [7, 11) is 0. The van der Waals surface area contributed by atoms with Gasteiger partial charge in [0.15, 0.2) is 0 Å². The molecular formula is C11H11ClN2O3. The maximum Gasteiger partial charge on any atom is 0.321 e. The molecule has 1 aliphatic heterocycles. The Balaban J connectivity index is 2.18. The molecule has 0 spiro atoms. The van der Waals surface area contributed by atoms with Gasteiger partial charge in [0.05, 0.1) is 6.42 Å². The quantitative estimate of drug-likeness (QED) is 0.733. The minimum Gasteiger partial charge on any atom is -0.480 e. The second kappa shape index (κ2) is 4.73. The highest BCUT2D eigenvalue weighted by atomic mass is 35.5. The summed E-state index contributed by atoms with van der Waals surface area (Å²) in [4.78, 5) is 22.3. The van der Waals surface area contributed by atoms with E-state index in [4.69, 9.17) is 16.7 Å². The highest BCUT2D eigenvalue weighted by Gasteiger charge is 2.30. The summed E-state index contributed by atoms with van der Waals surface area (Å²) >= 11 is 5.76. The zero-order chi connectivity index (χ0) is 12.4. The van der Waals surface area contributed by atoms with Crippen molar-refractivity contribution in [3.8, 4) is 0 Å². The standard InChI is InChI=1S/C11H11ClN2O3/c12-7-3-1-6(2-4-7)10-13-8(11(16)17)5-9(15)14-10/h1-4,8,10,13H,5H2,(H,14,15)(H,16,17). The number of halogens is 1. The average Bonchev–Trinajstić information content (AvgIpc) is 2.29. The van der Waals surface area contributed by atoms with Crippen molar-refractivity contribution in [1.82, 2.24) is 10.6 Å². The number of hydrogen-bond donors (Lipinski definition) is 3. The molecule has 90 valence electrons. The van der Waals surface area contributed by atoms with Crippen LogP contribution in [0.25, 0.3) is 0 Å². The van der Waals surface area contributed by atoms with Crippen molar-refractivity contribution in [2.24, 2.45) is 0 Å². The topological polar surface area (TPSA) is 78.4 Å². The molecule has 2 atom stereocenters. The van der Waals surface area contributed by atoms with Crippen LogP contribution in [0.5, 0.6) is 0 Å². The van der Waals surface area contributed by atoms with E-state index in [0.717, 1.165) is 5.56 Å². The summed E-state index contributed by atoms with van der Waals surface area (Å²) in [6.45, 7) is 0. The fraction of sp³-hybridized carbons (Fsp3) is 0.273. The molecular weight excluding hydrogens is 244 g/mol. The van der Waals surface area contributed by atoms with Crippen LogP contribution in [0.1, 0.15) is 18.2 Å². The molecule has 17 heavy (non-hydrogen) atoms. The van der Waals surface area contributed by atoms with Crippen LogP contribution < -0.4 is 10.6 Å². The molecule has 2 rings (SSSR count). The maximum absolute atomic E-state index is 11.4. The SMILES string of the molecule is O=C1CC(C(=O)O)NC(c2ccc(Cl)cc2)N1. The zero-order valence-electron chi connectivity index (χ0n) is 8.81. The van der Waals surface area contributed by atoms with E-state index in [0.29, 0.717) is 5.02 Å². The molecule has 1 amide bonds. The van der Waals surface area contributed by atoms with Crippen LogP contribution in [0.15, 0.2) is 24.3 Å². The molecule has 2 unspecified atom stereocenters. The molecule has 1 aromatic rings. The van der Waals surface area contributed by atoms with E-state index in [2.05, 4.69) is 10.6 Å². The number of nitrogens with one attached hydrogen (secondary N) is 2. The molecule has 0 aromatic heterocycles. The largest absolute Gasteiger partial charge is 0.480 e. The molecule has 0 radical (unpaired) electrons. The molecule has 1 aliphatic rings. The van der Waals surface area contributed by atoms with Gasteiger partial charge in [-0.2, -0.15) is 0 Å². The summed E-state index contributed by atoms with van der Waals surface area (Å²) in [5.41, 5.74) is 0.772. The van der Waals surface area contributed by atoms with Crippen molar-refractivity contribution in [2.75, 3.05) is 0 Å². The Labute approximate surface area is 103 Å². The molecule has 5 nitrogen and oxygen atoms in total. The van der Waals surface area contributed by atoms with E-state index in [1.807, 2.05) is 0 Å². The number of carbonyl (C=O) groups excluding carboxylic acids is 1. The van der Waals surface area contributed by atoms with Gasteiger partial charge in [-0.05, 0) is 17.7 Å². The molecule has 1 aromatic carbocycles. The maximum atomic E-state index is 11.4. The first kappa shape index (κ1) is 11.9. The van der Waals surface area contributed by atoms with Crippen LogP contribution in [0.3, 0.4) is 0 Å². The number of carboxylic acids is 1. The van der Waals surface area contributed by atoms with Gasteiger partial charge in [0.25, 0.3) is 0 Å². The number of aliphatic carboxylic acids is 1. The highest BCUT2D eigenvalue weighted by Crippen LogP contribution is 2.18. The van der Waals surface area contributed by atoms with Gasteiger partial charge in [-0.3, -0.25) is 14.9 Å². The molecule has 1 heterocycles. The number of carboxylic acid groups (broad SMARTS) is 1. The summed E-state index contributed by atoms with van der Waals surface area (Å²) in [6.07, 6.45) is -0.547. The Morgan fingerprint density at radius 2 is 2.00 bits per heavy atom. The van der Waals surface area contributed by atoms with E-state index in [9.17, 15) is 9.59 Å². The van der Waals surface area contributed by atoms with Crippen LogP contribution in [0.4, 0.5) is 0 Å². The predicted molar refractivity (Wildman–Crippen MR) is 61.5 cm³/mol. The van der Waals surface area contributed by atoms with Gasteiger partial charge in [-0.1, -0.05) is 23.7 Å². The van der Waals surface area contributed by atoms with Crippen LogP contribution in [0.2, 0.25) is 5.02 Å². The third-order valence-electron chi connectivity index (χ3n) is 2.56. The lowest BCUT2D eigenvalue weighted by molar-refractivity contribution is -0.143. The third-order valence-corrected chi connectivity index (χ3v) is 2.82. The van der Waals surface area contributed by atoms with Gasteiger partial charge in [0, 0.05) is 5.02 Å². The van der Waals surface area contributed by atoms with Crippen molar-refractivity contribution >= 4 is 23.5 Å². The first-order valence-corrected chi connectivity index (χ1v) is 5.48. The van der Waals surface area contributed by atoms with Gasteiger partial charge in [0.2, 0.25) is 5.91 Å². The Bertz CT molecular complexity index is 447. The zero-order valence-corrected chi connectivity index (χ0v) is 9.57. The van der Waals surface area contributed by atoms with Crippen LogP contribution in [0, 0.1) is 0 Å². The van der Waals surface area contributed by atoms with Crippen molar-refractivity contribution in [3.05, 3.63) is 34.9 Å². The second-order valence-electron chi connectivity index (χ2n) is 3.81. The number of carbonyl (C=O) groups is 2. The van der Waals surface area contributed by atoms with Crippen LogP contribution in [-0.2, 0) is 9.59 Å². The minimum absolute atomic E-state index is 0.0561. The lowest BCUT2D eigenvalue weighted by Gasteiger charge is -2.29. The molecule has 0 saturated carbocycles. The van der Waals surface area contributed by atoms with Crippen molar-refractivity contribution < 1.29 is 14.7 Å². The van der Waals surface area contributed by atoms with Crippen molar-refractivity contribution in [1.29, 1.82) is 0 Å². The van der Waals surface area contributed by atoms with E-state index in [1.165, 1.54) is 0 Å². The Morgan fingerprint density at radius 3 is 2.59 bits per heavy atom. The summed E-state index contributed by atoms with van der Waals surface area (Å²) in [5, 5.41) is 15.0. The Morgan fingerprint density at radius 1 is 1.35 bits per heavy atom. The number of hydrogen-bond acceptors (Lipinski definition) is 3. The van der Waals surface area contributed by atoms with E-state index < -0.39 is 18.2 Å². The number of benzene rings is 1. The van der Waals surface area contributed by atoms with E-state index in [-0.39, 0.29) is 12.3 Å². The van der Waals surface area contributed by atoms with Gasteiger partial charge < -0.3 is 10.4 Å². The fourth-order valence-electron chi connectivity index (χ4n) is 1.70. The smallest absolute Gasteiger partial charge is 0.321 e. The Hall–Kier alpha value is -1.59. The van der Waals surface area contributed by atoms with Gasteiger partial charge in [0.1, 0.15) is 12.2 Å². The summed E-state index contributed by atoms with van der Waals surface area (Å²) in [6, 6.07) is 6.00. The monoisotopic (exact) mass is 254 g/mol. The van der Waals surface area contributed by atoms with Gasteiger partial charge >= 0.3 is 5.97 Å². The molecule has 0 bridgehead atoms. The highest BCUT2D eigenvalue weighted by molar-refractivity contribution is 6.30. The van der Waals surface area contributed by atoms with Crippen LogP contribution >= 0.6 is 11.6 Å². The first-order valence-electron chi connectivity index (χ1n) is 5.10.